The Morgan fingerprint density at radius 2 is 0.600 bits per heavy atom. The van der Waals surface area contributed by atoms with Crippen molar-refractivity contribution in [2.75, 3.05) is 26.4 Å². The second-order valence-corrected chi connectivity index (χ2v) is 7.53. The lowest BCUT2D eigenvalue weighted by Gasteiger charge is -2.06. The van der Waals surface area contributed by atoms with E-state index in [0.29, 0.717) is 0 Å². The van der Waals surface area contributed by atoms with Gasteiger partial charge in [0, 0.05) is 13.2 Å². The van der Waals surface area contributed by atoms with E-state index in [1.165, 1.54) is 109 Å². The molecule has 0 saturated carbocycles. The van der Waals surface area contributed by atoms with Gasteiger partial charge in [-0.05, 0) is 12.8 Å². The molecule has 0 aliphatic heterocycles. The minimum absolute atomic E-state index is 0.771. The first-order chi connectivity index (χ1) is 12.4. The van der Waals surface area contributed by atoms with Gasteiger partial charge in [-0.15, -0.1) is 0 Å². The van der Waals surface area contributed by atoms with E-state index in [0.717, 1.165) is 26.4 Å². The molecule has 0 aliphatic rings. The highest BCUT2D eigenvalue weighted by molar-refractivity contribution is 4.48. The molecule has 0 rings (SSSR count). The fourth-order valence-corrected chi connectivity index (χ4v) is 3.17. The summed E-state index contributed by atoms with van der Waals surface area (Å²) in [6, 6.07) is 0. The van der Waals surface area contributed by atoms with Crippen LogP contribution in [0, 0.1) is 0 Å². The molecular weight excluding hydrogens is 308 g/mol. The van der Waals surface area contributed by atoms with Gasteiger partial charge in [0.25, 0.3) is 0 Å². The van der Waals surface area contributed by atoms with Crippen LogP contribution in [0.2, 0.25) is 0 Å². The van der Waals surface area contributed by atoms with Crippen molar-refractivity contribution in [3.05, 3.63) is 0 Å². The summed E-state index contributed by atoms with van der Waals surface area (Å²) in [7, 11) is 0. The summed E-state index contributed by atoms with van der Waals surface area (Å²) < 4.78 is 11.3. The van der Waals surface area contributed by atoms with Crippen molar-refractivity contribution in [3.8, 4) is 0 Å². The van der Waals surface area contributed by atoms with Crippen LogP contribution in [0.15, 0.2) is 0 Å². The minimum Gasteiger partial charge on any atom is -0.379 e. The predicted octanol–water partition coefficient (Wildman–Crippen LogP) is 7.69. The Morgan fingerprint density at radius 1 is 0.320 bits per heavy atom. The van der Waals surface area contributed by atoms with Gasteiger partial charge in [0.2, 0.25) is 0 Å². The molecular formula is C23H48O2. The summed E-state index contributed by atoms with van der Waals surface area (Å²) in [6.45, 7) is 7.92. The maximum atomic E-state index is 5.65. The molecule has 0 unspecified atom stereocenters. The maximum absolute atomic E-state index is 5.65. The van der Waals surface area contributed by atoms with Gasteiger partial charge < -0.3 is 9.47 Å². The Hall–Kier alpha value is -0.0800. The molecule has 152 valence electrons. The Bertz CT molecular complexity index is 196. The molecule has 25 heavy (non-hydrogen) atoms. The number of hydrogen-bond acceptors (Lipinski definition) is 2. The molecule has 0 atom stereocenters. The summed E-state index contributed by atoms with van der Waals surface area (Å²) in [5, 5.41) is 0. The monoisotopic (exact) mass is 356 g/mol. The Labute approximate surface area is 159 Å². The van der Waals surface area contributed by atoms with Crippen molar-refractivity contribution in [1.29, 1.82) is 0 Å². The smallest absolute Gasteiger partial charge is 0.0700 e. The first-order valence-corrected chi connectivity index (χ1v) is 11.6. The van der Waals surface area contributed by atoms with Crippen LogP contribution in [-0.4, -0.2) is 26.4 Å². The number of hydrogen-bond donors (Lipinski definition) is 0. The van der Waals surface area contributed by atoms with Crippen LogP contribution in [0.1, 0.15) is 123 Å². The highest BCUT2D eigenvalue weighted by Gasteiger charge is 1.95. The maximum Gasteiger partial charge on any atom is 0.0700 e. The largest absolute Gasteiger partial charge is 0.379 e. The number of rotatable bonds is 22. The molecule has 0 bridgehead atoms. The van der Waals surface area contributed by atoms with E-state index in [9.17, 15) is 0 Å². The second kappa shape index (κ2) is 23.9. The fraction of sp³-hybridized carbons (Fsp3) is 1.00. The predicted molar refractivity (Wildman–Crippen MR) is 111 cm³/mol. The van der Waals surface area contributed by atoms with Gasteiger partial charge in [0.05, 0.1) is 13.2 Å². The lowest BCUT2D eigenvalue weighted by molar-refractivity contribution is 0.0448. The van der Waals surface area contributed by atoms with Crippen LogP contribution in [0.4, 0.5) is 0 Å². The number of unbranched alkanes of at least 4 members (excludes halogenated alkanes) is 15. The molecule has 0 heterocycles. The van der Waals surface area contributed by atoms with Crippen molar-refractivity contribution >= 4 is 0 Å². The van der Waals surface area contributed by atoms with E-state index in [1.807, 2.05) is 0 Å². The highest BCUT2D eigenvalue weighted by Crippen LogP contribution is 2.11. The van der Waals surface area contributed by atoms with E-state index in [-0.39, 0.29) is 0 Å². The quantitative estimate of drug-likeness (QED) is 0.185. The van der Waals surface area contributed by atoms with Gasteiger partial charge >= 0.3 is 0 Å². The van der Waals surface area contributed by atoms with Crippen molar-refractivity contribution in [1.82, 2.24) is 0 Å². The topological polar surface area (TPSA) is 18.5 Å². The van der Waals surface area contributed by atoms with E-state index >= 15 is 0 Å². The SMILES string of the molecule is CCCCCCCCCCCCCOCCOCCCCCCCC. The summed E-state index contributed by atoms with van der Waals surface area (Å²) in [6.07, 6.45) is 23.3. The standard InChI is InChI=1S/C23H48O2/c1-3-5-7-9-11-12-13-14-15-17-19-21-25-23-22-24-20-18-16-10-8-6-4-2/h3-23H2,1-2H3. The van der Waals surface area contributed by atoms with Gasteiger partial charge in [0.1, 0.15) is 0 Å². The van der Waals surface area contributed by atoms with Crippen LogP contribution in [-0.2, 0) is 9.47 Å². The first-order valence-electron chi connectivity index (χ1n) is 11.6. The lowest BCUT2D eigenvalue weighted by Crippen LogP contribution is -2.06. The molecule has 0 radical (unpaired) electrons. The fourth-order valence-electron chi connectivity index (χ4n) is 3.17. The van der Waals surface area contributed by atoms with Crippen LogP contribution < -0.4 is 0 Å². The van der Waals surface area contributed by atoms with Crippen LogP contribution in [0.5, 0.6) is 0 Å². The summed E-state index contributed by atoms with van der Waals surface area (Å²) in [5.41, 5.74) is 0. The van der Waals surface area contributed by atoms with Crippen LogP contribution >= 0.6 is 0 Å². The zero-order valence-corrected chi connectivity index (χ0v) is 17.7. The second-order valence-electron chi connectivity index (χ2n) is 7.53. The summed E-state index contributed by atoms with van der Waals surface area (Å²) in [4.78, 5) is 0. The van der Waals surface area contributed by atoms with E-state index in [2.05, 4.69) is 13.8 Å². The summed E-state index contributed by atoms with van der Waals surface area (Å²) in [5.74, 6) is 0. The molecule has 2 nitrogen and oxygen atoms in total. The van der Waals surface area contributed by atoms with E-state index < -0.39 is 0 Å². The molecule has 0 aromatic heterocycles. The zero-order chi connectivity index (χ0) is 18.3. The van der Waals surface area contributed by atoms with Gasteiger partial charge in [-0.25, -0.2) is 0 Å². The normalized spacial score (nSPS) is 11.3. The van der Waals surface area contributed by atoms with E-state index in [4.69, 9.17) is 9.47 Å². The van der Waals surface area contributed by atoms with Gasteiger partial charge in [-0.2, -0.15) is 0 Å². The Balaban J connectivity index is 2.94. The van der Waals surface area contributed by atoms with Gasteiger partial charge in [-0.1, -0.05) is 110 Å². The molecule has 0 aromatic carbocycles. The lowest BCUT2D eigenvalue weighted by atomic mass is 10.1. The molecule has 0 spiro atoms. The average Bonchev–Trinajstić information content (AvgIpc) is 2.63. The van der Waals surface area contributed by atoms with Gasteiger partial charge in [-0.3, -0.25) is 0 Å². The molecule has 0 amide bonds. The third kappa shape index (κ3) is 23.9. The molecule has 0 N–H and O–H groups in total. The molecule has 0 aromatic rings. The van der Waals surface area contributed by atoms with Crippen molar-refractivity contribution < 1.29 is 9.47 Å². The minimum atomic E-state index is 0.771. The van der Waals surface area contributed by atoms with Crippen LogP contribution in [0.25, 0.3) is 0 Å². The Kier molecular flexibility index (Phi) is 23.8. The summed E-state index contributed by atoms with van der Waals surface area (Å²) >= 11 is 0. The Morgan fingerprint density at radius 3 is 0.920 bits per heavy atom. The van der Waals surface area contributed by atoms with E-state index in [1.54, 1.807) is 0 Å². The first kappa shape index (κ1) is 24.9. The third-order valence-corrected chi connectivity index (χ3v) is 4.91. The third-order valence-electron chi connectivity index (χ3n) is 4.91. The molecule has 2 heteroatoms. The van der Waals surface area contributed by atoms with Gasteiger partial charge in [0.15, 0.2) is 0 Å². The molecule has 0 aliphatic carbocycles. The molecule has 0 fully saturated rings. The molecule has 0 saturated heterocycles. The van der Waals surface area contributed by atoms with Crippen molar-refractivity contribution in [3.63, 3.8) is 0 Å². The van der Waals surface area contributed by atoms with Crippen molar-refractivity contribution in [2.24, 2.45) is 0 Å². The highest BCUT2D eigenvalue weighted by atomic mass is 16.5. The zero-order valence-electron chi connectivity index (χ0n) is 17.7. The van der Waals surface area contributed by atoms with Crippen molar-refractivity contribution in [2.45, 2.75) is 123 Å². The number of ether oxygens (including phenoxy) is 2. The average molecular weight is 357 g/mol. The van der Waals surface area contributed by atoms with Crippen LogP contribution in [0.3, 0.4) is 0 Å².